The minimum absolute atomic E-state index is 1.04. The third-order valence-corrected chi connectivity index (χ3v) is 11.0. The van der Waals surface area contributed by atoms with Gasteiger partial charge in [-0.3, -0.25) is 0 Å². The molecule has 1 nitrogen and oxygen atoms in total. The van der Waals surface area contributed by atoms with Crippen LogP contribution >= 0.6 is 0 Å². The molecule has 1 aliphatic rings. The van der Waals surface area contributed by atoms with Crippen LogP contribution in [0.1, 0.15) is 18.5 Å². The first-order valence-electron chi connectivity index (χ1n) is 19.2. The summed E-state index contributed by atoms with van der Waals surface area (Å²) in [5.41, 5.74) is 15.8. The molecule has 1 heteroatoms. The Morgan fingerprint density at radius 1 is 0.327 bits per heavy atom. The van der Waals surface area contributed by atoms with Gasteiger partial charge in [0.05, 0.1) is 17.1 Å². The Balaban J connectivity index is 1.21. The summed E-state index contributed by atoms with van der Waals surface area (Å²) in [6.45, 7) is 0. The molecule has 0 bridgehead atoms. The molecule has 1 aliphatic carbocycles. The fraction of sp³-hybridized carbons (Fsp3) is 0.0370. The highest BCUT2D eigenvalue weighted by Crippen LogP contribution is 2.42. The van der Waals surface area contributed by atoms with Crippen molar-refractivity contribution in [2.24, 2.45) is 0 Å². The second kappa shape index (κ2) is 14.1. The van der Waals surface area contributed by atoms with Crippen LogP contribution in [-0.4, -0.2) is 4.57 Å². The number of fused-ring (bicyclic) bond motifs is 2. The third kappa shape index (κ3) is 6.20. The highest BCUT2D eigenvalue weighted by molar-refractivity contribution is 6.10. The van der Waals surface area contributed by atoms with E-state index in [4.69, 9.17) is 0 Å². The van der Waals surface area contributed by atoms with Gasteiger partial charge in [0, 0.05) is 10.8 Å². The lowest BCUT2D eigenvalue weighted by atomic mass is 9.93. The standard InChI is InChI=1S/C54H39N/c1-5-13-38(14-6-1)40-21-25-42(26-22-40)46-29-31-48-35-49-32-30-47(43-27-23-41(24-28-43)39-15-7-2-8-16-39)37-51(49)54(50(48)36-46)55-52(44-17-9-3-10-18-44)33-34-53(55)45-19-11-4-12-20-45/h1-3,5-11,13-37H,4,12H2. The molecule has 0 aliphatic heterocycles. The van der Waals surface area contributed by atoms with Gasteiger partial charge in [0.1, 0.15) is 0 Å². The van der Waals surface area contributed by atoms with Gasteiger partial charge in [0.15, 0.2) is 0 Å². The van der Waals surface area contributed by atoms with E-state index in [0.717, 1.165) is 12.8 Å². The van der Waals surface area contributed by atoms with Crippen LogP contribution in [0.2, 0.25) is 0 Å². The Bertz CT molecular complexity index is 2720. The Kier molecular flexibility index (Phi) is 8.39. The predicted molar refractivity (Wildman–Crippen MR) is 234 cm³/mol. The zero-order valence-corrected chi connectivity index (χ0v) is 30.6. The van der Waals surface area contributed by atoms with E-state index in [9.17, 15) is 0 Å². The first kappa shape index (κ1) is 32.7. The summed E-state index contributed by atoms with van der Waals surface area (Å²) in [6.07, 6.45) is 9.13. The highest BCUT2D eigenvalue weighted by Gasteiger charge is 2.20. The molecular formula is C54H39N. The topological polar surface area (TPSA) is 4.93 Å². The first-order valence-corrected chi connectivity index (χ1v) is 19.2. The lowest BCUT2D eigenvalue weighted by Gasteiger charge is -2.21. The van der Waals surface area contributed by atoms with E-state index in [1.807, 2.05) is 0 Å². The normalized spacial score (nSPS) is 12.6. The van der Waals surface area contributed by atoms with Crippen LogP contribution in [0.3, 0.4) is 0 Å². The molecule has 0 atom stereocenters. The van der Waals surface area contributed by atoms with Gasteiger partial charge in [-0.2, -0.15) is 0 Å². The van der Waals surface area contributed by atoms with Crippen LogP contribution in [0.4, 0.5) is 0 Å². The maximum atomic E-state index is 2.53. The lowest BCUT2D eigenvalue weighted by Crippen LogP contribution is -2.04. The molecular weight excluding hydrogens is 663 g/mol. The van der Waals surface area contributed by atoms with Gasteiger partial charge in [-0.25, -0.2) is 0 Å². The molecule has 0 radical (unpaired) electrons. The lowest BCUT2D eigenvalue weighted by molar-refractivity contribution is 1.02. The fourth-order valence-electron chi connectivity index (χ4n) is 8.20. The Labute approximate surface area is 322 Å². The zero-order valence-electron chi connectivity index (χ0n) is 30.6. The Morgan fingerprint density at radius 3 is 1.22 bits per heavy atom. The quantitative estimate of drug-likeness (QED) is 0.146. The number of benzene rings is 8. The summed E-state index contributed by atoms with van der Waals surface area (Å²) >= 11 is 0. The van der Waals surface area contributed by atoms with Gasteiger partial charge < -0.3 is 4.57 Å². The molecule has 10 rings (SSSR count). The summed E-state index contributed by atoms with van der Waals surface area (Å²) in [5, 5.41) is 4.89. The molecule has 9 aromatic rings. The molecule has 0 unspecified atom stereocenters. The monoisotopic (exact) mass is 701 g/mol. The van der Waals surface area contributed by atoms with E-state index >= 15 is 0 Å². The maximum Gasteiger partial charge on any atom is 0.0619 e. The van der Waals surface area contributed by atoms with Gasteiger partial charge in [-0.1, -0.05) is 182 Å². The summed E-state index contributed by atoms with van der Waals surface area (Å²) in [6, 6.07) is 71.0. The second-order valence-corrected chi connectivity index (χ2v) is 14.4. The smallest absolute Gasteiger partial charge is 0.0619 e. The van der Waals surface area contributed by atoms with Crippen molar-refractivity contribution in [1.29, 1.82) is 0 Å². The van der Waals surface area contributed by atoms with Crippen molar-refractivity contribution in [3.8, 4) is 61.5 Å². The average Bonchev–Trinajstić information content (AvgIpc) is 3.71. The van der Waals surface area contributed by atoms with Crippen LogP contribution in [0.15, 0.2) is 212 Å². The number of hydrogen-bond acceptors (Lipinski definition) is 0. The van der Waals surface area contributed by atoms with E-state index < -0.39 is 0 Å². The SMILES string of the molecule is C1=CC(c2ccc(-c3ccccc3)n2-c2c3cc(-c4ccc(-c5ccccc5)cc4)ccc3cc3ccc(-c4ccc(-c5ccccc5)cc4)cc23)=CCC1. The van der Waals surface area contributed by atoms with Crippen LogP contribution < -0.4 is 0 Å². The van der Waals surface area contributed by atoms with Crippen LogP contribution in [-0.2, 0) is 0 Å². The second-order valence-electron chi connectivity index (χ2n) is 14.4. The Morgan fingerprint density at radius 2 is 0.745 bits per heavy atom. The van der Waals surface area contributed by atoms with Gasteiger partial charge in [0.2, 0.25) is 0 Å². The molecule has 0 spiro atoms. The zero-order chi connectivity index (χ0) is 36.6. The van der Waals surface area contributed by atoms with Gasteiger partial charge >= 0.3 is 0 Å². The third-order valence-electron chi connectivity index (χ3n) is 11.0. The molecule has 8 aromatic carbocycles. The summed E-state index contributed by atoms with van der Waals surface area (Å²) in [5.74, 6) is 0. The molecule has 0 saturated heterocycles. The van der Waals surface area contributed by atoms with E-state index in [2.05, 4.69) is 217 Å². The van der Waals surface area contributed by atoms with E-state index in [1.165, 1.54) is 94.3 Å². The highest BCUT2D eigenvalue weighted by atomic mass is 15.0. The predicted octanol–water partition coefficient (Wildman–Crippen LogP) is 14.9. The molecule has 260 valence electrons. The number of hydrogen-bond donors (Lipinski definition) is 0. The van der Waals surface area contributed by atoms with Gasteiger partial charge in [-0.15, -0.1) is 0 Å². The van der Waals surface area contributed by atoms with Crippen molar-refractivity contribution in [1.82, 2.24) is 4.57 Å². The molecule has 1 heterocycles. The van der Waals surface area contributed by atoms with Crippen LogP contribution in [0.25, 0.3) is 88.6 Å². The number of rotatable bonds is 7. The van der Waals surface area contributed by atoms with Crippen LogP contribution in [0, 0.1) is 0 Å². The minimum atomic E-state index is 1.04. The number of allylic oxidation sites excluding steroid dienone is 4. The van der Waals surface area contributed by atoms with Crippen molar-refractivity contribution >= 4 is 27.1 Å². The average molecular weight is 702 g/mol. The molecule has 0 fully saturated rings. The van der Waals surface area contributed by atoms with Crippen molar-refractivity contribution < 1.29 is 0 Å². The summed E-state index contributed by atoms with van der Waals surface area (Å²) < 4.78 is 2.53. The molecule has 0 saturated carbocycles. The van der Waals surface area contributed by atoms with Gasteiger partial charge in [-0.05, 0) is 110 Å². The first-order chi connectivity index (χ1) is 27.3. The minimum Gasteiger partial charge on any atom is -0.308 e. The summed E-state index contributed by atoms with van der Waals surface area (Å²) in [7, 11) is 0. The van der Waals surface area contributed by atoms with Crippen LogP contribution in [0.5, 0.6) is 0 Å². The molecule has 55 heavy (non-hydrogen) atoms. The maximum absolute atomic E-state index is 2.53. The van der Waals surface area contributed by atoms with Gasteiger partial charge in [0.25, 0.3) is 0 Å². The summed E-state index contributed by atoms with van der Waals surface area (Å²) in [4.78, 5) is 0. The molecule has 0 amide bonds. The number of nitrogens with zero attached hydrogens (tertiary/aromatic N) is 1. The largest absolute Gasteiger partial charge is 0.308 e. The molecule has 0 N–H and O–H groups in total. The van der Waals surface area contributed by atoms with E-state index in [1.54, 1.807) is 0 Å². The van der Waals surface area contributed by atoms with E-state index in [-0.39, 0.29) is 0 Å². The van der Waals surface area contributed by atoms with Crippen molar-refractivity contribution in [2.75, 3.05) is 0 Å². The fourth-order valence-corrected chi connectivity index (χ4v) is 8.20. The van der Waals surface area contributed by atoms with Crippen molar-refractivity contribution in [3.63, 3.8) is 0 Å². The van der Waals surface area contributed by atoms with Crippen molar-refractivity contribution in [3.05, 3.63) is 218 Å². The Hall–Kier alpha value is -6.96. The number of aromatic nitrogens is 1. The van der Waals surface area contributed by atoms with Crippen molar-refractivity contribution in [2.45, 2.75) is 12.8 Å². The molecule has 1 aromatic heterocycles. The van der Waals surface area contributed by atoms with E-state index in [0.29, 0.717) is 0 Å².